The van der Waals surface area contributed by atoms with Gasteiger partial charge in [0, 0.05) is 5.41 Å². The zero-order valence-electron chi connectivity index (χ0n) is 11.3. The van der Waals surface area contributed by atoms with Gasteiger partial charge in [-0.15, -0.1) is 0 Å². The van der Waals surface area contributed by atoms with Crippen LogP contribution in [0.15, 0.2) is 0 Å². The standard InChI is InChI=1S/C15H26O2/c1-9-4-5-11(17)15(8-16)7-6-10-13(12(9)15)14(10,2)3/h9-13,16-17H,4-8H2,1-3H3/t9-,10-,11-,12+,13+,15+/m1/s1. The molecule has 2 nitrogen and oxygen atoms in total. The lowest BCUT2D eigenvalue weighted by Gasteiger charge is -2.52. The molecule has 3 aliphatic rings. The Morgan fingerprint density at radius 3 is 2.47 bits per heavy atom. The molecule has 2 heteroatoms. The molecule has 3 aliphatic carbocycles. The summed E-state index contributed by atoms with van der Waals surface area (Å²) in [4.78, 5) is 0. The van der Waals surface area contributed by atoms with Crippen LogP contribution in [0.5, 0.6) is 0 Å². The van der Waals surface area contributed by atoms with Gasteiger partial charge in [-0.05, 0) is 54.8 Å². The number of aliphatic hydroxyl groups excluding tert-OH is 2. The maximum atomic E-state index is 10.4. The van der Waals surface area contributed by atoms with Gasteiger partial charge in [0.15, 0.2) is 0 Å². The van der Waals surface area contributed by atoms with Crippen LogP contribution in [0.3, 0.4) is 0 Å². The number of hydrogen-bond donors (Lipinski definition) is 2. The summed E-state index contributed by atoms with van der Waals surface area (Å²) in [7, 11) is 0. The minimum absolute atomic E-state index is 0.174. The summed E-state index contributed by atoms with van der Waals surface area (Å²) in [5, 5.41) is 20.3. The molecule has 17 heavy (non-hydrogen) atoms. The van der Waals surface area contributed by atoms with Crippen molar-refractivity contribution < 1.29 is 10.2 Å². The molecule has 0 aliphatic heterocycles. The summed E-state index contributed by atoms with van der Waals surface area (Å²) in [6.45, 7) is 7.27. The maximum absolute atomic E-state index is 10.4. The first-order valence-electron chi connectivity index (χ1n) is 7.24. The Bertz CT molecular complexity index is 325. The topological polar surface area (TPSA) is 40.5 Å². The molecule has 3 rings (SSSR count). The molecule has 0 saturated heterocycles. The van der Waals surface area contributed by atoms with Gasteiger partial charge in [-0.2, -0.15) is 0 Å². The zero-order valence-corrected chi connectivity index (χ0v) is 11.3. The summed E-state index contributed by atoms with van der Waals surface area (Å²) < 4.78 is 0. The van der Waals surface area contributed by atoms with Crippen LogP contribution in [0.25, 0.3) is 0 Å². The second kappa shape index (κ2) is 3.48. The lowest BCUT2D eigenvalue weighted by molar-refractivity contribution is -0.132. The summed E-state index contributed by atoms with van der Waals surface area (Å²) in [6, 6.07) is 0. The van der Waals surface area contributed by atoms with E-state index in [9.17, 15) is 10.2 Å². The van der Waals surface area contributed by atoms with Crippen molar-refractivity contribution in [2.45, 2.75) is 52.6 Å². The molecule has 0 aromatic carbocycles. The van der Waals surface area contributed by atoms with Gasteiger partial charge in [0.2, 0.25) is 0 Å². The average Bonchev–Trinajstić information content (AvgIpc) is 2.86. The molecule has 2 N–H and O–H groups in total. The molecule has 98 valence electrons. The zero-order chi connectivity index (χ0) is 12.4. The van der Waals surface area contributed by atoms with Crippen molar-refractivity contribution in [2.75, 3.05) is 6.61 Å². The number of hydrogen-bond acceptors (Lipinski definition) is 2. The molecule has 0 bridgehead atoms. The highest BCUT2D eigenvalue weighted by molar-refractivity contribution is 5.17. The van der Waals surface area contributed by atoms with E-state index in [-0.39, 0.29) is 18.1 Å². The van der Waals surface area contributed by atoms with E-state index in [0.29, 0.717) is 17.3 Å². The fourth-order valence-corrected chi connectivity index (χ4v) is 5.49. The molecule has 0 aromatic heterocycles. The third kappa shape index (κ3) is 1.34. The van der Waals surface area contributed by atoms with Gasteiger partial charge in [0.1, 0.15) is 0 Å². The van der Waals surface area contributed by atoms with Crippen LogP contribution in [0, 0.1) is 34.5 Å². The van der Waals surface area contributed by atoms with E-state index in [2.05, 4.69) is 20.8 Å². The Labute approximate surface area is 104 Å². The Balaban J connectivity index is 1.97. The molecule has 3 fully saturated rings. The minimum Gasteiger partial charge on any atom is -0.396 e. The molecule has 6 atom stereocenters. The molecule has 0 aromatic rings. The molecular weight excluding hydrogens is 212 g/mol. The molecule has 3 saturated carbocycles. The van der Waals surface area contributed by atoms with Gasteiger partial charge in [-0.3, -0.25) is 0 Å². The van der Waals surface area contributed by atoms with Crippen LogP contribution >= 0.6 is 0 Å². The van der Waals surface area contributed by atoms with Crippen molar-refractivity contribution in [2.24, 2.45) is 34.5 Å². The van der Waals surface area contributed by atoms with E-state index in [4.69, 9.17) is 0 Å². The molecule has 0 unspecified atom stereocenters. The fraction of sp³-hybridized carbons (Fsp3) is 1.00. The van der Waals surface area contributed by atoms with Crippen molar-refractivity contribution in [1.82, 2.24) is 0 Å². The second-order valence-corrected chi connectivity index (χ2v) is 7.48. The molecule has 0 spiro atoms. The van der Waals surface area contributed by atoms with Crippen LogP contribution in [0.4, 0.5) is 0 Å². The highest BCUT2D eigenvalue weighted by atomic mass is 16.3. The first-order chi connectivity index (χ1) is 7.95. The number of fused-ring (bicyclic) bond motifs is 3. The summed E-state index contributed by atoms with van der Waals surface area (Å²) >= 11 is 0. The van der Waals surface area contributed by atoms with E-state index in [0.717, 1.165) is 31.1 Å². The monoisotopic (exact) mass is 238 g/mol. The molecule has 0 radical (unpaired) electrons. The SMILES string of the molecule is C[C@@H]1CC[C@@H](O)[C@@]2(CO)CC[C@@H]3[C@@H]([C@H]12)C3(C)C. The van der Waals surface area contributed by atoms with E-state index in [1.807, 2.05) is 0 Å². The molecular formula is C15H26O2. The van der Waals surface area contributed by atoms with E-state index in [1.54, 1.807) is 0 Å². The summed E-state index contributed by atoms with van der Waals surface area (Å²) in [5.74, 6) is 2.80. The van der Waals surface area contributed by atoms with Gasteiger partial charge < -0.3 is 10.2 Å². The minimum atomic E-state index is -0.272. The molecule has 0 amide bonds. The van der Waals surface area contributed by atoms with Crippen LogP contribution in [-0.4, -0.2) is 22.9 Å². The van der Waals surface area contributed by atoms with Crippen molar-refractivity contribution in [3.63, 3.8) is 0 Å². The lowest BCUT2D eigenvalue weighted by Crippen LogP contribution is -2.53. The van der Waals surface area contributed by atoms with Crippen LogP contribution in [-0.2, 0) is 0 Å². The third-order valence-electron chi connectivity index (χ3n) is 6.58. The quantitative estimate of drug-likeness (QED) is 0.736. The summed E-state index contributed by atoms with van der Waals surface area (Å²) in [5.41, 5.74) is 0.277. The normalized spacial score (nSPS) is 55.9. The van der Waals surface area contributed by atoms with Crippen LogP contribution in [0.1, 0.15) is 46.5 Å². The highest BCUT2D eigenvalue weighted by Crippen LogP contribution is 2.73. The Kier molecular flexibility index (Phi) is 2.45. The van der Waals surface area contributed by atoms with Crippen molar-refractivity contribution in [3.05, 3.63) is 0 Å². The highest BCUT2D eigenvalue weighted by Gasteiger charge is 2.69. The largest absolute Gasteiger partial charge is 0.396 e. The van der Waals surface area contributed by atoms with Gasteiger partial charge in [0.25, 0.3) is 0 Å². The predicted octanol–water partition coefficient (Wildman–Crippen LogP) is 2.44. The Morgan fingerprint density at radius 2 is 1.82 bits per heavy atom. The van der Waals surface area contributed by atoms with Gasteiger partial charge in [0.05, 0.1) is 12.7 Å². The van der Waals surface area contributed by atoms with Gasteiger partial charge in [-0.1, -0.05) is 20.8 Å². The first-order valence-corrected chi connectivity index (χ1v) is 7.24. The fourth-order valence-electron chi connectivity index (χ4n) is 5.49. The van der Waals surface area contributed by atoms with Crippen LogP contribution < -0.4 is 0 Å². The summed E-state index contributed by atoms with van der Waals surface area (Å²) in [6.07, 6.45) is 3.98. The molecule has 0 heterocycles. The predicted molar refractivity (Wildman–Crippen MR) is 67.4 cm³/mol. The van der Waals surface area contributed by atoms with Gasteiger partial charge >= 0.3 is 0 Å². The number of aliphatic hydroxyl groups is 2. The number of rotatable bonds is 1. The smallest absolute Gasteiger partial charge is 0.0621 e. The van der Waals surface area contributed by atoms with Crippen LogP contribution in [0.2, 0.25) is 0 Å². The average molecular weight is 238 g/mol. The van der Waals surface area contributed by atoms with Crippen molar-refractivity contribution >= 4 is 0 Å². The van der Waals surface area contributed by atoms with E-state index >= 15 is 0 Å². The Hall–Kier alpha value is -0.0800. The Morgan fingerprint density at radius 1 is 1.12 bits per heavy atom. The maximum Gasteiger partial charge on any atom is 0.0621 e. The van der Waals surface area contributed by atoms with E-state index < -0.39 is 0 Å². The second-order valence-electron chi connectivity index (χ2n) is 7.48. The van der Waals surface area contributed by atoms with Crippen molar-refractivity contribution in [1.29, 1.82) is 0 Å². The van der Waals surface area contributed by atoms with Gasteiger partial charge in [-0.25, -0.2) is 0 Å². The lowest BCUT2D eigenvalue weighted by atomic mass is 9.54. The third-order valence-corrected chi connectivity index (χ3v) is 6.58. The van der Waals surface area contributed by atoms with E-state index in [1.165, 1.54) is 6.42 Å². The van der Waals surface area contributed by atoms with Crippen molar-refractivity contribution in [3.8, 4) is 0 Å². The first kappa shape index (κ1) is 12.0.